The molecule has 0 saturated carbocycles. The molecule has 2 atom stereocenters. The van der Waals surface area contributed by atoms with Crippen molar-refractivity contribution >= 4 is 30.4 Å². The van der Waals surface area contributed by atoms with Crippen LogP contribution in [0.25, 0.3) is 11.2 Å². The molecule has 0 spiro atoms. The SMILES string of the molecule is C[C@H](Cn1cnc2c(NC(=O)C(F)(F)F)ncnc21)OCP(=O)([O-])N1C=CN(C)C1. The van der Waals surface area contributed by atoms with Gasteiger partial charge in [-0.25, -0.2) is 15.0 Å². The van der Waals surface area contributed by atoms with Crippen molar-refractivity contribution in [2.24, 2.45) is 0 Å². The quantitative estimate of drug-likeness (QED) is 0.615. The van der Waals surface area contributed by atoms with Gasteiger partial charge in [-0.3, -0.25) is 4.79 Å². The van der Waals surface area contributed by atoms with E-state index in [0.717, 1.165) is 6.33 Å². The van der Waals surface area contributed by atoms with E-state index in [1.54, 1.807) is 30.4 Å². The third-order valence-corrected chi connectivity index (χ3v) is 5.64. The van der Waals surface area contributed by atoms with Gasteiger partial charge in [0.15, 0.2) is 17.0 Å². The maximum absolute atomic E-state index is 12.5. The van der Waals surface area contributed by atoms with Gasteiger partial charge in [0.05, 0.1) is 25.6 Å². The maximum Gasteiger partial charge on any atom is 0.471 e. The fraction of sp³-hybridized carbons (Fsp3) is 0.467. The average molecular weight is 448 g/mol. The zero-order valence-corrected chi connectivity index (χ0v) is 16.8. The van der Waals surface area contributed by atoms with Gasteiger partial charge in [-0.1, -0.05) is 0 Å². The molecule has 30 heavy (non-hydrogen) atoms. The molecule has 0 saturated heterocycles. The summed E-state index contributed by atoms with van der Waals surface area (Å²) < 4.78 is 57.8. The van der Waals surface area contributed by atoms with Gasteiger partial charge in [-0.2, -0.15) is 13.2 Å². The summed E-state index contributed by atoms with van der Waals surface area (Å²) in [6, 6.07) is 0. The monoisotopic (exact) mass is 448 g/mol. The minimum Gasteiger partial charge on any atom is -0.782 e. The van der Waals surface area contributed by atoms with Crippen molar-refractivity contribution in [2.75, 3.05) is 25.4 Å². The molecular weight excluding hydrogens is 430 g/mol. The molecule has 0 fully saturated rings. The van der Waals surface area contributed by atoms with E-state index in [4.69, 9.17) is 4.74 Å². The smallest absolute Gasteiger partial charge is 0.471 e. The van der Waals surface area contributed by atoms with Gasteiger partial charge in [0.1, 0.15) is 20.2 Å². The number of nitrogens with one attached hydrogen (secondary N) is 1. The lowest BCUT2D eigenvalue weighted by Crippen LogP contribution is -2.30. The molecule has 1 aliphatic rings. The topological polar surface area (TPSA) is 129 Å². The van der Waals surface area contributed by atoms with E-state index in [9.17, 15) is 27.4 Å². The second kappa shape index (κ2) is 8.20. The molecule has 0 radical (unpaired) electrons. The summed E-state index contributed by atoms with van der Waals surface area (Å²) in [7, 11) is -2.25. The van der Waals surface area contributed by atoms with Crippen molar-refractivity contribution in [3.63, 3.8) is 0 Å². The Hall–Kier alpha value is -2.70. The largest absolute Gasteiger partial charge is 0.782 e. The molecule has 2 aromatic heterocycles. The number of carbonyl (C=O) groups excluding carboxylic acids is 1. The lowest BCUT2D eigenvalue weighted by Gasteiger charge is -2.34. The molecule has 164 valence electrons. The predicted octanol–water partition coefficient (Wildman–Crippen LogP) is 0.919. The van der Waals surface area contributed by atoms with Crippen LogP contribution in [0.2, 0.25) is 0 Å². The highest BCUT2D eigenvalue weighted by molar-refractivity contribution is 7.53. The van der Waals surface area contributed by atoms with Crippen molar-refractivity contribution < 1.29 is 32.2 Å². The van der Waals surface area contributed by atoms with Gasteiger partial charge >= 0.3 is 12.1 Å². The van der Waals surface area contributed by atoms with Crippen LogP contribution < -0.4 is 10.2 Å². The summed E-state index contributed by atoms with van der Waals surface area (Å²) in [4.78, 5) is 36.7. The normalized spacial score (nSPS) is 17.4. The number of fused-ring (bicyclic) bond motifs is 1. The summed E-state index contributed by atoms with van der Waals surface area (Å²) >= 11 is 0. The zero-order valence-electron chi connectivity index (χ0n) is 15.9. The molecule has 0 aliphatic carbocycles. The number of carbonyl (C=O) groups is 1. The molecule has 1 amide bonds. The van der Waals surface area contributed by atoms with Crippen molar-refractivity contribution in [2.45, 2.75) is 25.7 Å². The Kier molecular flexibility index (Phi) is 6.01. The molecule has 3 heterocycles. The molecule has 1 N–H and O–H groups in total. The van der Waals surface area contributed by atoms with Crippen LogP contribution in [0.1, 0.15) is 6.92 Å². The maximum atomic E-state index is 12.5. The number of halogens is 3. The van der Waals surface area contributed by atoms with Gasteiger partial charge in [0.2, 0.25) is 0 Å². The van der Waals surface area contributed by atoms with Crippen LogP contribution in [0.15, 0.2) is 25.1 Å². The molecule has 3 rings (SSSR count). The van der Waals surface area contributed by atoms with E-state index in [0.29, 0.717) is 0 Å². The Labute approximate surface area is 168 Å². The van der Waals surface area contributed by atoms with E-state index in [-0.39, 0.29) is 30.2 Å². The molecule has 15 heteroatoms. The van der Waals surface area contributed by atoms with Crippen LogP contribution in [-0.4, -0.2) is 67.3 Å². The first-order valence-electron chi connectivity index (χ1n) is 8.59. The van der Waals surface area contributed by atoms with E-state index >= 15 is 0 Å². The standard InChI is InChI=1S/C15H19F3N7O4P/c1-10(29-9-30(27,28)25-4-3-23(2)8-25)5-24-7-21-11-12(19-6-20-13(11)24)22-14(26)15(16,17)18/h3-4,6-7,10H,5,8-9H2,1-2H3,(H,27,28)(H,19,20,22,26)/p-1/t10-/m1/s1. The van der Waals surface area contributed by atoms with Crippen molar-refractivity contribution in [1.82, 2.24) is 29.1 Å². The summed E-state index contributed by atoms with van der Waals surface area (Å²) in [5.74, 6) is -2.56. The fourth-order valence-corrected chi connectivity index (χ4v) is 3.87. The highest BCUT2D eigenvalue weighted by Gasteiger charge is 2.39. The number of nitrogens with zero attached hydrogens (tertiary/aromatic N) is 6. The minimum absolute atomic E-state index is 0.0398. The first-order valence-corrected chi connectivity index (χ1v) is 10.3. The Morgan fingerprint density at radius 3 is 2.73 bits per heavy atom. The zero-order chi connectivity index (χ0) is 22.1. The third kappa shape index (κ3) is 4.89. The number of anilines is 1. The van der Waals surface area contributed by atoms with Crippen molar-refractivity contribution in [3.05, 3.63) is 25.1 Å². The van der Waals surface area contributed by atoms with Gasteiger partial charge < -0.3 is 33.6 Å². The highest BCUT2D eigenvalue weighted by atomic mass is 31.2. The summed E-state index contributed by atoms with van der Waals surface area (Å²) in [5.41, 5.74) is 0.120. The Bertz CT molecular complexity index is 1010. The number of imidazole rings is 1. The van der Waals surface area contributed by atoms with Crippen LogP contribution in [0, 0.1) is 0 Å². The molecule has 1 aliphatic heterocycles. The fourth-order valence-electron chi connectivity index (χ4n) is 2.62. The van der Waals surface area contributed by atoms with Crippen LogP contribution in [0.5, 0.6) is 0 Å². The second-order valence-electron chi connectivity index (χ2n) is 6.62. The molecule has 0 aromatic carbocycles. The first kappa shape index (κ1) is 22.0. The molecule has 1 unspecified atom stereocenters. The summed E-state index contributed by atoms with van der Waals surface area (Å²) in [6.07, 6.45) is -0.844. The number of amides is 1. The van der Waals surface area contributed by atoms with Crippen molar-refractivity contribution in [1.29, 1.82) is 0 Å². The number of aromatic nitrogens is 4. The van der Waals surface area contributed by atoms with E-state index in [2.05, 4.69) is 15.0 Å². The van der Waals surface area contributed by atoms with E-state index < -0.39 is 32.1 Å². The van der Waals surface area contributed by atoms with Crippen molar-refractivity contribution in [3.8, 4) is 0 Å². The van der Waals surface area contributed by atoms with E-state index in [1.807, 2.05) is 0 Å². The Morgan fingerprint density at radius 2 is 2.10 bits per heavy atom. The second-order valence-corrected chi connectivity index (χ2v) is 8.67. The number of alkyl halides is 3. The summed E-state index contributed by atoms with van der Waals surface area (Å²) in [5, 5.41) is 1.66. The number of ether oxygens (including phenoxy) is 1. The minimum atomic E-state index is -5.08. The van der Waals surface area contributed by atoms with Crippen LogP contribution in [0.4, 0.5) is 19.0 Å². The van der Waals surface area contributed by atoms with E-state index in [1.165, 1.54) is 21.8 Å². The summed E-state index contributed by atoms with van der Waals surface area (Å²) in [6.45, 7) is 1.95. The lowest BCUT2D eigenvalue weighted by molar-refractivity contribution is -0.192. The van der Waals surface area contributed by atoms with Crippen LogP contribution in [0.3, 0.4) is 0 Å². The number of hydrogen-bond acceptors (Lipinski definition) is 8. The predicted molar refractivity (Wildman–Crippen MR) is 96.6 cm³/mol. The third-order valence-electron chi connectivity index (χ3n) is 4.12. The first-order chi connectivity index (χ1) is 14.0. The van der Waals surface area contributed by atoms with Gasteiger partial charge in [0, 0.05) is 19.4 Å². The molecule has 11 nitrogen and oxygen atoms in total. The van der Waals surface area contributed by atoms with Gasteiger partial charge in [-0.05, 0) is 6.92 Å². The number of rotatable bonds is 7. The molecular formula is C15H18F3N7O4P-. The van der Waals surface area contributed by atoms with Crippen LogP contribution >= 0.6 is 7.52 Å². The average Bonchev–Trinajstić information content (AvgIpc) is 3.27. The van der Waals surface area contributed by atoms with Gasteiger partial charge in [0.25, 0.3) is 0 Å². The number of hydrogen-bond donors (Lipinski definition) is 1. The van der Waals surface area contributed by atoms with Gasteiger partial charge in [-0.15, -0.1) is 0 Å². The Balaban J connectivity index is 1.66. The molecule has 0 bridgehead atoms. The Morgan fingerprint density at radius 1 is 1.37 bits per heavy atom. The lowest BCUT2D eigenvalue weighted by atomic mass is 10.4. The molecule has 2 aromatic rings. The highest BCUT2D eigenvalue weighted by Crippen LogP contribution is 2.42. The van der Waals surface area contributed by atoms with Crippen LogP contribution in [-0.2, 0) is 20.6 Å².